The molecule has 0 unspecified atom stereocenters. The van der Waals surface area contributed by atoms with Crippen molar-refractivity contribution in [1.82, 2.24) is 20.0 Å². The van der Waals surface area contributed by atoms with Gasteiger partial charge in [-0.25, -0.2) is 0 Å². The lowest BCUT2D eigenvalue weighted by molar-refractivity contribution is -0.124. The molecule has 6 heteroatoms. The summed E-state index contributed by atoms with van der Waals surface area (Å²) >= 11 is 0. The molecule has 1 aliphatic heterocycles. The predicted octanol–water partition coefficient (Wildman–Crippen LogP) is 1.61. The van der Waals surface area contributed by atoms with Gasteiger partial charge in [-0.2, -0.15) is 10.4 Å². The number of hydrogen-bond donors (Lipinski definition) is 1. The van der Waals surface area contributed by atoms with Crippen molar-refractivity contribution < 1.29 is 4.79 Å². The molecular weight excluding hydrogens is 278 g/mol. The van der Waals surface area contributed by atoms with Crippen molar-refractivity contribution in [3.8, 4) is 6.07 Å². The van der Waals surface area contributed by atoms with Gasteiger partial charge in [0.05, 0.1) is 18.8 Å². The zero-order valence-corrected chi connectivity index (χ0v) is 13.8. The summed E-state index contributed by atoms with van der Waals surface area (Å²) in [6.45, 7) is 6.88. The Bertz CT molecular complexity index is 573. The number of aryl methyl sites for hydroxylation is 1. The van der Waals surface area contributed by atoms with Crippen LogP contribution in [0.4, 0.5) is 0 Å². The van der Waals surface area contributed by atoms with Crippen LogP contribution >= 0.6 is 0 Å². The van der Waals surface area contributed by atoms with Gasteiger partial charge < -0.3 is 5.32 Å². The minimum atomic E-state index is -0.819. The molecule has 2 heterocycles. The molecule has 2 rings (SSSR count). The predicted molar refractivity (Wildman–Crippen MR) is 83.8 cm³/mol. The summed E-state index contributed by atoms with van der Waals surface area (Å²) in [5.41, 5.74) is 0.334. The van der Waals surface area contributed by atoms with Crippen molar-refractivity contribution in [2.75, 3.05) is 13.1 Å². The van der Waals surface area contributed by atoms with E-state index >= 15 is 0 Å². The summed E-state index contributed by atoms with van der Waals surface area (Å²) < 4.78 is 1.79. The van der Waals surface area contributed by atoms with Crippen LogP contribution in [0.2, 0.25) is 0 Å². The molecule has 0 radical (unpaired) electrons. The Balaban J connectivity index is 2.00. The fraction of sp³-hybridized carbons (Fsp3) is 0.688. The Labute approximate surface area is 132 Å². The van der Waals surface area contributed by atoms with Gasteiger partial charge in [0, 0.05) is 24.8 Å². The second-order valence-electron chi connectivity index (χ2n) is 6.59. The highest BCUT2D eigenvalue weighted by Gasteiger charge is 2.33. The van der Waals surface area contributed by atoms with E-state index in [4.69, 9.17) is 0 Å². The summed E-state index contributed by atoms with van der Waals surface area (Å²) in [5.74, 6) is -0.0253. The van der Waals surface area contributed by atoms with Crippen LogP contribution in [0.5, 0.6) is 0 Å². The standard InChI is InChI=1S/C16H25N5O/c1-12(2)16(3,11-17)19-15(22)10-21-7-5-6-14(21)13-8-18-20(4)9-13/h8-9,12,14H,5-7,10H2,1-4H3,(H,19,22)/t14-,16-/m1/s1. The molecule has 120 valence electrons. The van der Waals surface area contributed by atoms with Crippen LogP contribution in [0.25, 0.3) is 0 Å². The third-order valence-electron chi connectivity index (χ3n) is 4.61. The maximum Gasteiger partial charge on any atom is 0.235 e. The second-order valence-corrected chi connectivity index (χ2v) is 6.59. The molecule has 1 N–H and O–H groups in total. The molecule has 1 saturated heterocycles. The normalized spacial score (nSPS) is 21.5. The van der Waals surface area contributed by atoms with E-state index in [2.05, 4.69) is 21.4 Å². The number of amides is 1. The van der Waals surface area contributed by atoms with E-state index in [9.17, 15) is 10.1 Å². The molecule has 0 spiro atoms. The zero-order chi connectivity index (χ0) is 16.3. The maximum absolute atomic E-state index is 12.3. The summed E-state index contributed by atoms with van der Waals surface area (Å²) in [5, 5.41) is 16.4. The monoisotopic (exact) mass is 303 g/mol. The third kappa shape index (κ3) is 3.47. The van der Waals surface area contributed by atoms with E-state index in [0.717, 1.165) is 24.9 Å². The van der Waals surface area contributed by atoms with Gasteiger partial charge in [-0.15, -0.1) is 0 Å². The number of rotatable bonds is 5. The molecule has 6 nitrogen and oxygen atoms in total. The van der Waals surface area contributed by atoms with E-state index < -0.39 is 5.54 Å². The molecule has 1 aromatic heterocycles. The highest BCUT2D eigenvalue weighted by molar-refractivity contribution is 5.79. The summed E-state index contributed by atoms with van der Waals surface area (Å²) in [4.78, 5) is 14.5. The first-order valence-electron chi connectivity index (χ1n) is 7.80. The number of nitrogens with zero attached hydrogens (tertiary/aromatic N) is 4. The number of nitrogens with one attached hydrogen (secondary N) is 1. The molecule has 0 saturated carbocycles. The Hall–Kier alpha value is -1.87. The first-order chi connectivity index (χ1) is 10.4. The Morgan fingerprint density at radius 3 is 2.91 bits per heavy atom. The SMILES string of the molecule is CC(C)[C@@](C)(C#N)NC(=O)CN1CCC[C@@H]1c1cnn(C)c1. The molecule has 0 aliphatic carbocycles. The second kappa shape index (κ2) is 6.49. The van der Waals surface area contributed by atoms with E-state index in [1.165, 1.54) is 0 Å². The number of hydrogen-bond acceptors (Lipinski definition) is 4. The number of carbonyl (C=O) groups excluding carboxylic acids is 1. The van der Waals surface area contributed by atoms with E-state index in [1.807, 2.05) is 33.3 Å². The van der Waals surface area contributed by atoms with Crippen LogP contribution < -0.4 is 5.32 Å². The van der Waals surface area contributed by atoms with Crippen molar-refractivity contribution in [2.24, 2.45) is 13.0 Å². The van der Waals surface area contributed by atoms with Gasteiger partial charge in [-0.05, 0) is 32.2 Å². The molecule has 1 fully saturated rings. The van der Waals surface area contributed by atoms with Crippen LogP contribution in [0.15, 0.2) is 12.4 Å². The lowest BCUT2D eigenvalue weighted by Crippen LogP contribution is -2.51. The molecule has 1 aliphatic rings. The Kier molecular flexibility index (Phi) is 4.87. The van der Waals surface area contributed by atoms with Crippen LogP contribution in [0.3, 0.4) is 0 Å². The molecule has 0 aromatic carbocycles. The number of carbonyl (C=O) groups is 1. The minimum Gasteiger partial charge on any atom is -0.337 e. The van der Waals surface area contributed by atoms with Gasteiger partial charge in [0.2, 0.25) is 5.91 Å². The number of nitriles is 1. The van der Waals surface area contributed by atoms with Crippen molar-refractivity contribution in [2.45, 2.75) is 45.2 Å². The summed E-state index contributed by atoms with van der Waals surface area (Å²) in [7, 11) is 1.90. The zero-order valence-electron chi connectivity index (χ0n) is 13.8. The molecule has 22 heavy (non-hydrogen) atoms. The topological polar surface area (TPSA) is 74.0 Å². The average Bonchev–Trinajstić information content (AvgIpc) is 3.07. The van der Waals surface area contributed by atoms with E-state index in [-0.39, 0.29) is 17.9 Å². The number of aromatic nitrogens is 2. The van der Waals surface area contributed by atoms with E-state index in [0.29, 0.717) is 6.54 Å². The molecule has 0 bridgehead atoms. The van der Waals surface area contributed by atoms with E-state index in [1.54, 1.807) is 11.6 Å². The van der Waals surface area contributed by atoms with Crippen LogP contribution in [-0.2, 0) is 11.8 Å². The van der Waals surface area contributed by atoms with Gasteiger partial charge in [-0.3, -0.25) is 14.4 Å². The summed E-state index contributed by atoms with van der Waals surface area (Å²) in [6, 6.07) is 2.46. The lowest BCUT2D eigenvalue weighted by Gasteiger charge is -2.29. The van der Waals surface area contributed by atoms with Crippen molar-refractivity contribution in [1.29, 1.82) is 5.26 Å². The molecule has 1 amide bonds. The quantitative estimate of drug-likeness (QED) is 0.897. The average molecular weight is 303 g/mol. The molecule has 2 atom stereocenters. The van der Waals surface area contributed by atoms with Gasteiger partial charge in [-0.1, -0.05) is 13.8 Å². The van der Waals surface area contributed by atoms with Crippen LogP contribution in [0.1, 0.15) is 45.2 Å². The summed E-state index contributed by atoms with van der Waals surface area (Å²) in [6.07, 6.45) is 5.99. The molecular formula is C16H25N5O. The first-order valence-corrected chi connectivity index (χ1v) is 7.80. The van der Waals surface area contributed by atoms with Gasteiger partial charge in [0.25, 0.3) is 0 Å². The van der Waals surface area contributed by atoms with Gasteiger partial charge >= 0.3 is 0 Å². The van der Waals surface area contributed by atoms with Crippen molar-refractivity contribution in [3.63, 3.8) is 0 Å². The van der Waals surface area contributed by atoms with Gasteiger partial charge in [0.1, 0.15) is 5.54 Å². The van der Waals surface area contributed by atoms with Gasteiger partial charge in [0.15, 0.2) is 0 Å². The van der Waals surface area contributed by atoms with Crippen molar-refractivity contribution in [3.05, 3.63) is 18.0 Å². The lowest BCUT2D eigenvalue weighted by atomic mass is 9.90. The highest BCUT2D eigenvalue weighted by Crippen LogP contribution is 2.31. The third-order valence-corrected chi connectivity index (χ3v) is 4.61. The molecule has 1 aromatic rings. The first kappa shape index (κ1) is 16.5. The number of likely N-dealkylation sites (tertiary alicyclic amines) is 1. The minimum absolute atomic E-state index is 0.0640. The van der Waals surface area contributed by atoms with Crippen molar-refractivity contribution >= 4 is 5.91 Å². The Morgan fingerprint density at radius 1 is 1.64 bits per heavy atom. The van der Waals surface area contributed by atoms with Crippen LogP contribution in [-0.4, -0.2) is 39.2 Å². The highest BCUT2D eigenvalue weighted by atomic mass is 16.2. The smallest absolute Gasteiger partial charge is 0.235 e. The Morgan fingerprint density at radius 2 is 2.36 bits per heavy atom. The fourth-order valence-corrected chi connectivity index (χ4v) is 2.82. The largest absolute Gasteiger partial charge is 0.337 e. The fourth-order valence-electron chi connectivity index (χ4n) is 2.82. The van der Waals surface area contributed by atoms with Crippen LogP contribution in [0, 0.1) is 17.2 Å². The maximum atomic E-state index is 12.3.